The molecule has 0 amide bonds. The number of nitrogens with one attached hydrogen (secondary N) is 1. The Bertz CT molecular complexity index is 663. The van der Waals surface area contributed by atoms with E-state index in [9.17, 15) is 0 Å². The van der Waals surface area contributed by atoms with Gasteiger partial charge in [0.15, 0.2) is 11.3 Å². The van der Waals surface area contributed by atoms with Crippen LogP contribution < -0.4 is 10.1 Å². The third-order valence-electron chi connectivity index (χ3n) is 3.28. The van der Waals surface area contributed by atoms with Gasteiger partial charge in [0.1, 0.15) is 6.10 Å². The lowest BCUT2D eigenvalue weighted by atomic mass is 10.1. The van der Waals surface area contributed by atoms with Crippen molar-refractivity contribution >= 4 is 24.5 Å². The lowest BCUT2D eigenvalue weighted by Gasteiger charge is -2.18. The fourth-order valence-electron chi connectivity index (χ4n) is 2.24. The van der Waals surface area contributed by atoms with Crippen LogP contribution >= 0.6 is 13.5 Å². The van der Waals surface area contributed by atoms with Crippen LogP contribution in [-0.4, -0.2) is 13.6 Å². The number of benzene rings is 1. The Hall–Kier alpha value is -1.85. The van der Waals surface area contributed by atoms with Crippen molar-refractivity contribution in [3.05, 3.63) is 54.7 Å². The molecule has 1 atom stereocenters. The van der Waals surface area contributed by atoms with E-state index in [0.29, 0.717) is 0 Å². The van der Waals surface area contributed by atoms with Gasteiger partial charge in [0.25, 0.3) is 0 Å². The van der Waals surface area contributed by atoms with Gasteiger partial charge in [0.05, 0.1) is 18.8 Å². The summed E-state index contributed by atoms with van der Waals surface area (Å²) in [7, 11) is 1.93. The molecule has 0 aliphatic carbocycles. The number of fused-ring (bicyclic) bond motifs is 1. The van der Waals surface area contributed by atoms with E-state index in [1.807, 2.05) is 37.4 Å². The highest BCUT2D eigenvalue weighted by atomic mass is 32.1. The Morgan fingerprint density at radius 1 is 1.19 bits per heavy atom. The van der Waals surface area contributed by atoms with Crippen LogP contribution in [0, 0.1) is 0 Å². The van der Waals surface area contributed by atoms with Crippen molar-refractivity contribution < 1.29 is 13.6 Å². The molecule has 4 nitrogen and oxygen atoms in total. The molecule has 0 radical (unpaired) electrons. The van der Waals surface area contributed by atoms with E-state index in [1.54, 1.807) is 18.8 Å². The number of ether oxygens (including phenoxy) is 1. The Labute approximate surface area is 130 Å². The molecule has 5 heteroatoms. The zero-order valence-corrected chi connectivity index (χ0v) is 12.8. The normalized spacial score (nSPS) is 12.0. The molecule has 0 unspecified atom stereocenters. The highest BCUT2D eigenvalue weighted by Crippen LogP contribution is 2.31. The fourth-order valence-corrected chi connectivity index (χ4v) is 2.24. The van der Waals surface area contributed by atoms with Crippen molar-refractivity contribution in [1.29, 1.82) is 0 Å². The van der Waals surface area contributed by atoms with E-state index in [4.69, 9.17) is 13.6 Å². The van der Waals surface area contributed by atoms with Crippen molar-refractivity contribution in [3.8, 4) is 5.75 Å². The largest absolute Gasteiger partial charge is 0.482 e. The highest BCUT2D eigenvalue weighted by molar-refractivity contribution is 7.59. The first-order chi connectivity index (χ1) is 9.88. The van der Waals surface area contributed by atoms with Crippen molar-refractivity contribution in [2.75, 3.05) is 13.6 Å². The van der Waals surface area contributed by atoms with Gasteiger partial charge in [0, 0.05) is 17.4 Å². The molecule has 0 saturated heterocycles. The second kappa shape index (κ2) is 7.24. The van der Waals surface area contributed by atoms with E-state index in [1.165, 1.54) is 0 Å². The molecule has 0 aliphatic rings. The molecular formula is C16H19NO3S. The van der Waals surface area contributed by atoms with Gasteiger partial charge in [0.2, 0.25) is 0 Å². The van der Waals surface area contributed by atoms with E-state index >= 15 is 0 Å². The van der Waals surface area contributed by atoms with Crippen molar-refractivity contribution in [3.63, 3.8) is 0 Å². The van der Waals surface area contributed by atoms with Gasteiger partial charge in [-0.15, -0.1) is 0 Å². The van der Waals surface area contributed by atoms with Gasteiger partial charge in [-0.2, -0.15) is 13.5 Å². The standard InChI is InChI=1S/C16H17NO3.H2S/c1-17-8-5-14(13-6-9-18-11-13)20-15-4-2-3-12-7-10-19-16(12)15;/h2-4,6-7,9-11,14,17H,5,8H2,1H3;1H2/t14-;/m0./s1. The van der Waals surface area contributed by atoms with Crippen LogP contribution in [-0.2, 0) is 0 Å². The monoisotopic (exact) mass is 305 g/mol. The summed E-state index contributed by atoms with van der Waals surface area (Å²) in [6.07, 6.45) is 5.86. The van der Waals surface area contributed by atoms with Gasteiger partial charge < -0.3 is 18.9 Å². The predicted molar refractivity (Wildman–Crippen MR) is 87.2 cm³/mol. The summed E-state index contributed by atoms with van der Waals surface area (Å²) in [5, 5.41) is 4.19. The average Bonchev–Trinajstić information content (AvgIpc) is 3.14. The summed E-state index contributed by atoms with van der Waals surface area (Å²) < 4.78 is 16.8. The molecule has 112 valence electrons. The van der Waals surface area contributed by atoms with Gasteiger partial charge in [-0.05, 0) is 31.8 Å². The Balaban J connectivity index is 0.00000161. The molecule has 1 N–H and O–H groups in total. The fraction of sp³-hybridized carbons (Fsp3) is 0.250. The number of para-hydroxylation sites is 1. The lowest BCUT2D eigenvalue weighted by molar-refractivity contribution is 0.194. The topological polar surface area (TPSA) is 47.5 Å². The summed E-state index contributed by atoms with van der Waals surface area (Å²) in [4.78, 5) is 0. The van der Waals surface area contributed by atoms with E-state index in [0.717, 1.165) is 35.2 Å². The molecule has 0 fully saturated rings. The van der Waals surface area contributed by atoms with Gasteiger partial charge in [-0.25, -0.2) is 0 Å². The van der Waals surface area contributed by atoms with Crippen molar-refractivity contribution in [2.24, 2.45) is 0 Å². The van der Waals surface area contributed by atoms with Gasteiger partial charge >= 0.3 is 0 Å². The summed E-state index contributed by atoms with van der Waals surface area (Å²) in [6, 6.07) is 9.77. The zero-order chi connectivity index (χ0) is 13.8. The Morgan fingerprint density at radius 3 is 2.86 bits per heavy atom. The maximum atomic E-state index is 6.14. The first-order valence-corrected chi connectivity index (χ1v) is 6.68. The number of rotatable bonds is 6. The molecule has 0 aliphatic heterocycles. The number of hydrogen-bond donors (Lipinski definition) is 1. The van der Waals surface area contributed by atoms with Crippen LogP contribution in [0.25, 0.3) is 11.0 Å². The zero-order valence-electron chi connectivity index (χ0n) is 11.8. The third-order valence-corrected chi connectivity index (χ3v) is 3.28. The summed E-state index contributed by atoms with van der Waals surface area (Å²) in [6.45, 7) is 0.865. The minimum absolute atomic E-state index is 0. The lowest BCUT2D eigenvalue weighted by Crippen LogP contribution is -2.15. The summed E-state index contributed by atoms with van der Waals surface area (Å²) >= 11 is 0. The van der Waals surface area contributed by atoms with E-state index < -0.39 is 0 Å². The van der Waals surface area contributed by atoms with Crippen LogP contribution in [0.5, 0.6) is 5.75 Å². The van der Waals surface area contributed by atoms with Crippen molar-refractivity contribution in [1.82, 2.24) is 5.32 Å². The first kappa shape index (κ1) is 15.5. The maximum Gasteiger partial charge on any atom is 0.175 e. The Kier molecular flexibility index (Phi) is 5.36. The smallest absolute Gasteiger partial charge is 0.175 e. The molecule has 21 heavy (non-hydrogen) atoms. The van der Waals surface area contributed by atoms with E-state index in [2.05, 4.69) is 5.32 Å². The predicted octanol–water partition coefficient (Wildman–Crippen LogP) is 3.87. The molecule has 3 aromatic rings. The second-order valence-electron chi connectivity index (χ2n) is 4.65. The minimum Gasteiger partial charge on any atom is -0.482 e. The minimum atomic E-state index is -0.0584. The average molecular weight is 305 g/mol. The number of hydrogen-bond acceptors (Lipinski definition) is 4. The molecule has 0 spiro atoms. The van der Waals surface area contributed by atoms with Crippen molar-refractivity contribution in [2.45, 2.75) is 12.5 Å². The molecule has 0 saturated carbocycles. The summed E-state index contributed by atoms with van der Waals surface area (Å²) in [5.74, 6) is 0.759. The van der Waals surface area contributed by atoms with Crippen LogP contribution in [0.3, 0.4) is 0 Å². The molecule has 1 aromatic carbocycles. The highest BCUT2D eigenvalue weighted by Gasteiger charge is 2.16. The quantitative estimate of drug-likeness (QED) is 0.751. The molecule has 2 aromatic heterocycles. The Morgan fingerprint density at radius 2 is 2.10 bits per heavy atom. The van der Waals surface area contributed by atoms with Crippen LogP contribution in [0.1, 0.15) is 18.1 Å². The SMILES string of the molecule is CNCC[C@H](Oc1cccc2ccoc12)c1ccoc1.S. The van der Waals surface area contributed by atoms with Gasteiger partial charge in [-0.1, -0.05) is 12.1 Å². The van der Waals surface area contributed by atoms with Crippen LogP contribution in [0.2, 0.25) is 0 Å². The van der Waals surface area contributed by atoms with Crippen LogP contribution in [0.15, 0.2) is 58.0 Å². The van der Waals surface area contributed by atoms with Crippen LogP contribution in [0.4, 0.5) is 0 Å². The maximum absolute atomic E-state index is 6.14. The van der Waals surface area contributed by atoms with Gasteiger partial charge in [-0.3, -0.25) is 0 Å². The third kappa shape index (κ3) is 3.43. The van der Waals surface area contributed by atoms with E-state index in [-0.39, 0.29) is 19.6 Å². The second-order valence-corrected chi connectivity index (χ2v) is 4.65. The molecule has 0 bridgehead atoms. The molecule has 3 rings (SSSR count). The summed E-state index contributed by atoms with van der Waals surface area (Å²) in [5.41, 5.74) is 1.81. The number of furan rings is 2. The first-order valence-electron chi connectivity index (χ1n) is 6.68. The molecule has 2 heterocycles. The molecular weight excluding hydrogens is 286 g/mol.